The summed E-state index contributed by atoms with van der Waals surface area (Å²) in [5, 5.41) is 19.8. The van der Waals surface area contributed by atoms with Gasteiger partial charge in [-0.15, -0.1) is 5.48 Å². The molecule has 2 heterocycles. The van der Waals surface area contributed by atoms with Crippen LogP contribution in [0.15, 0.2) is 9.52 Å². The van der Waals surface area contributed by atoms with E-state index in [0.717, 1.165) is 70.1 Å². The standard InChI is InChI=1S/C23H43N3O4.C19H33N3O4/c1-23(2,3)29-21(27)16-19(13-8-12-18-10-6-5-7-11-18)22-25-20(26-30-22)17-24-14-9-15-28-4;1-25-12-6-11-20-14-17-21-19(26-22-17)16(13-18(23)24)10-5-9-15-7-3-2-4-8-15/h18-20,24,26H,5-17H2,1-4H3;15-16,20H,2-14H2,1H3,(H,23,24)/t19-,20?;16-/m11/s1. The number of methoxy groups -OCH3 is 2. The number of carbonyl (C=O) groups is 2. The molecule has 2 saturated carbocycles. The van der Waals surface area contributed by atoms with Gasteiger partial charge in [0.05, 0.1) is 19.4 Å². The Balaban J connectivity index is 0.000000303. The lowest BCUT2D eigenvalue weighted by Gasteiger charge is -2.23. The number of hydrogen-bond donors (Lipinski definition) is 4. The minimum absolute atomic E-state index is 0.0329. The number of nitrogens with zero attached hydrogens (tertiary/aromatic N) is 3. The van der Waals surface area contributed by atoms with Crippen molar-refractivity contribution in [3.63, 3.8) is 0 Å². The third-order valence-corrected chi connectivity index (χ3v) is 10.8. The summed E-state index contributed by atoms with van der Waals surface area (Å²) in [7, 11) is 3.39. The molecular weight excluding hydrogens is 716 g/mol. The maximum atomic E-state index is 12.5. The Morgan fingerprint density at radius 2 is 1.43 bits per heavy atom. The van der Waals surface area contributed by atoms with Crippen molar-refractivity contribution >= 4 is 17.8 Å². The van der Waals surface area contributed by atoms with Crippen molar-refractivity contribution in [3.8, 4) is 0 Å². The van der Waals surface area contributed by atoms with Crippen LogP contribution in [0, 0.1) is 17.8 Å². The Hall–Kier alpha value is -2.65. The van der Waals surface area contributed by atoms with Gasteiger partial charge in [0.25, 0.3) is 0 Å². The van der Waals surface area contributed by atoms with Crippen molar-refractivity contribution in [2.75, 3.05) is 47.1 Å². The van der Waals surface area contributed by atoms with Crippen molar-refractivity contribution in [1.82, 2.24) is 26.3 Å². The van der Waals surface area contributed by atoms with Gasteiger partial charge < -0.3 is 39.3 Å². The molecule has 0 amide bonds. The molecule has 0 radical (unpaired) electrons. The molecule has 2 aliphatic carbocycles. The first-order valence-electron chi connectivity index (χ1n) is 21.7. The molecule has 1 unspecified atom stereocenters. The van der Waals surface area contributed by atoms with Crippen LogP contribution in [-0.2, 0) is 35.2 Å². The molecule has 4 N–H and O–H groups in total. The van der Waals surface area contributed by atoms with E-state index in [1.807, 2.05) is 20.8 Å². The highest BCUT2D eigenvalue weighted by atomic mass is 16.7. The molecule has 0 aromatic carbocycles. The Morgan fingerprint density at radius 3 is 2.00 bits per heavy atom. The second kappa shape index (κ2) is 27.9. The van der Waals surface area contributed by atoms with Crippen LogP contribution >= 0.6 is 0 Å². The van der Waals surface area contributed by atoms with E-state index < -0.39 is 11.6 Å². The summed E-state index contributed by atoms with van der Waals surface area (Å²) in [6.07, 6.45) is 21.9. The molecule has 2 fully saturated rings. The van der Waals surface area contributed by atoms with Crippen LogP contribution in [0.2, 0.25) is 0 Å². The van der Waals surface area contributed by atoms with E-state index >= 15 is 0 Å². The van der Waals surface area contributed by atoms with Crippen LogP contribution in [0.5, 0.6) is 0 Å². The van der Waals surface area contributed by atoms with Gasteiger partial charge in [0.1, 0.15) is 11.8 Å². The molecule has 0 saturated heterocycles. The minimum atomic E-state index is -0.815. The van der Waals surface area contributed by atoms with Gasteiger partial charge in [-0.25, -0.2) is 4.99 Å². The fourth-order valence-electron chi connectivity index (χ4n) is 7.92. The molecule has 1 aromatic rings. The molecule has 14 heteroatoms. The van der Waals surface area contributed by atoms with Crippen molar-refractivity contribution in [1.29, 1.82) is 0 Å². The van der Waals surface area contributed by atoms with Gasteiger partial charge in [-0.05, 0) is 71.4 Å². The number of nitrogens with one attached hydrogen (secondary N) is 3. The van der Waals surface area contributed by atoms with E-state index in [4.69, 9.17) is 28.6 Å². The number of ether oxygens (including phenoxy) is 3. The topological polar surface area (TPSA) is 179 Å². The average Bonchev–Trinajstić information content (AvgIpc) is 3.85. The van der Waals surface area contributed by atoms with Gasteiger partial charge in [0, 0.05) is 45.8 Å². The van der Waals surface area contributed by atoms with Crippen LogP contribution in [0.4, 0.5) is 0 Å². The highest BCUT2D eigenvalue weighted by Crippen LogP contribution is 2.32. The first-order chi connectivity index (χ1) is 27.1. The number of rotatable bonds is 26. The van der Waals surface area contributed by atoms with Gasteiger partial charge in [0.2, 0.25) is 11.8 Å². The molecule has 14 nitrogen and oxygen atoms in total. The van der Waals surface area contributed by atoms with E-state index in [1.165, 1.54) is 77.0 Å². The Kier molecular flexibility index (Phi) is 23.8. The molecule has 3 aliphatic rings. The van der Waals surface area contributed by atoms with Crippen LogP contribution in [0.1, 0.15) is 167 Å². The predicted octanol–water partition coefficient (Wildman–Crippen LogP) is 7.48. The summed E-state index contributed by atoms with van der Waals surface area (Å²) in [5.74, 6) is 2.12. The number of aromatic nitrogens is 2. The zero-order valence-corrected chi connectivity index (χ0v) is 35.4. The minimum Gasteiger partial charge on any atom is -0.481 e. The lowest BCUT2D eigenvalue weighted by molar-refractivity contribution is -0.155. The van der Waals surface area contributed by atoms with Gasteiger partial charge in [0.15, 0.2) is 5.82 Å². The lowest BCUT2D eigenvalue weighted by Crippen LogP contribution is -2.34. The molecule has 322 valence electrons. The Bertz CT molecular complexity index is 1230. The van der Waals surface area contributed by atoms with E-state index in [0.29, 0.717) is 43.7 Å². The number of carboxylic acids is 1. The van der Waals surface area contributed by atoms with Crippen molar-refractivity contribution in [3.05, 3.63) is 11.7 Å². The number of hydroxylamine groups is 1. The fourth-order valence-corrected chi connectivity index (χ4v) is 7.92. The van der Waals surface area contributed by atoms with E-state index in [9.17, 15) is 14.7 Å². The predicted molar refractivity (Wildman–Crippen MR) is 217 cm³/mol. The molecule has 0 spiro atoms. The summed E-state index contributed by atoms with van der Waals surface area (Å²) in [5.41, 5.74) is 2.51. The second-order valence-electron chi connectivity index (χ2n) is 17.0. The van der Waals surface area contributed by atoms with E-state index in [2.05, 4.69) is 26.3 Å². The number of aliphatic imine (C=N–C) groups is 1. The normalized spacial score (nSPS) is 19.1. The van der Waals surface area contributed by atoms with E-state index in [-0.39, 0.29) is 30.4 Å². The van der Waals surface area contributed by atoms with Crippen LogP contribution in [0.25, 0.3) is 0 Å². The zero-order chi connectivity index (χ0) is 40.4. The summed E-state index contributed by atoms with van der Waals surface area (Å²) in [6.45, 7) is 10.1. The smallest absolute Gasteiger partial charge is 0.307 e. The monoisotopic (exact) mass is 793 g/mol. The van der Waals surface area contributed by atoms with Crippen molar-refractivity contribution < 1.29 is 38.3 Å². The first-order valence-corrected chi connectivity index (χ1v) is 21.7. The number of hydrogen-bond acceptors (Lipinski definition) is 13. The number of carboxylic acid groups (broad SMARTS) is 1. The molecule has 0 bridgehead atoms. The van der Waals surface area contributed by atoms with Crippen molar-refractivity contribution in [2.45, 2.75) is 173 Å². The number of esters is 1. The largest absolute Gasteiger partial charge is 0.481 e. The van der Waals surface area contributed by atoms with Crippen LogP contribution < -0.4 is 16.1 Å². The molecule has 4 rings (SSSR count). The van der Waals surface area contributed by atoms with Gasteiger partial charge >= 0.3 is 11.9 Å². The summed E-state index contributed by atoms with van der Waals surface area (Å²) < 4.78 is 21.0. The molecule has 56 heavy (non-hydrogen) atoms. The van der Waals surface area contributed by atoms with Crippen molar-refractivity contribution in [2.24, 2.45) is 22.7 Å². The summed E-state index contributed by atoms with van der Waals surface area (Å²) in [6, 6.07) is 0. The zero-order valence-electron chi connectivity index (χ0n) is 35.4. The summed E-state index contributed by atoms with van der Waals surface area (Å²) >= 11 is 0. The van der Waals surface area contributed by atoms with E-state index in [1.54, 1.807) is 14.2 Å². The number of carbonyl (C=O) groups excluding carboxylic acids is 1. The SMILES string of the molecule is COCCCNCC1N=C([C@H](CCCC2CCCCC2)CC(=O)OC(C)(C)C)ON1.COCCCNCc1noc([C@H](CCCC2CCCCC2)CC(=O)O)n1. The Morgan fingerprint density at radius 1 is 0.839 bits per heavy atom. The molecule has 1 aromatic heterocycles. The third-order valence-electron chi connectivity index (χ3n) is 10.8. The first kappa shape index (κ1) is 47.7. The number of aliphatic carboxylic acids is 1. The third kappa shape index (κ3) is 21.2. The highest BCUT2D eigenvalue weighted by molar-refractivity contribution is 5.84. The highest BCUT2D eigenvalue weighted by Gasteiger charge is 2.30. The average molecular weight is 793 g/mol. The van der Waals surface area contributed by atoms with Crippen LogP contribution in [0.3, 0.4) is 0 Å². The molecular formula is C42H76N6O8. The lowest BCUT2D eigenvalue weighted by atomic mass is 9.84. The summed E-state index contributed by atoms with van der Waals surface area (Å²) in [4.78, 5) is 38.5. The fraction of sp³-hybridized carbons (Fsp3) is 0.881. The Labute approximate surface area is 336 Å². The van der Waals surface area contributed by atoms with Gasteiger partial charge in [-0.3, -0.25) is 9.59 Å². The van der Waals surface area contributed by atoms with Gasteiger partial charge in [-0.2, -0.15) is 4.98 Å². The second-order valence-corrected chi connectivity index (χ2v) is 17.0. The van der Waals surface area contributed by atoms with Crippen LogP contribution in [-0.4, -0.2) is 91.9 Å². The molecule has 1 aliphatic heterocycles. The quantitative estimate of drug-likeness (QED) is 0.0537. The maximum Gasteiger partial charge on any atom is 0.307 e. The maximum absolute atomic E-state index is 12.5. The van der Waals surface area contributed by atoms with Gasteiger partial charge in [-0.1, -0.05) is 95.0 Å². The molecule has 3 atom stereocenters.